The highest BCUT2D eigenvalue weighted by molar-refractivity contribution is 9.10. The van der Waals surface area contributed by atoms with E-state index in [-0.39, 0.29) is 12.4 Å². The Bertz CT molecular complexity index is 382. The summed E-state index contributed by atoms with van der Waals surface area (Å²) < 4.78 is 5.60. The minimum atomic E-state index is -0.313. The molecule has 1 aromatic carbocycles. The van der Waals surface area contributed by atoms with Crippen LogP contribution in [-0.4, -0.2) is 12.6 Å². The molecule has 0 bridgehead atoms. The van der Waals surface area contributed by atoms with Gasteiger partial charge in [-0.2, -0.15) is 0 Å². The number of rotatable bonds is 3. The van der Waals surface area contributed by atoms with Gasteiger partial charge in [-0.15, -0.1) is 0 Å². The molecule has 0 radical (unpaired) electrons. The lowest BCUT2D eigenvalue weighted by Gasteiger charge is -2.09. The number of halogens is 2. The van der Waals surface area contributed by atoms with E-state index in [2.05, 4.69) is 15.9 Å². The lowest BCUT2D eigenvalue weighted by Crippen LogP contribution is -2.10. The molecule has 1 aromatic rings. The fourth-order valence-corrected chi connectivity index (χ4v) is 1.81. The Kier molecular flexibility index (Phi) is 4.42. The van der Waals surface area contributed by atoms with Crippen molar-refractivity contribution in [3.05, 3.63) is 27.2 Å². The van der Waals surface area contributed by atoms with Crippen LogP contribution in [0.5, 0.6) is 0 Å². The highest BCUT2D eigenvalue weighted by Crippen LogP contribution is 2.30. The Morgan fingerprint density at radius 3 is 2.87 bits per heavy atom. The van der Waals surface area contributed by atoms with Gasteiger partial charge in [-0.05, 0) is 19.1 Å². The zero-order chi connectivity index (χ0) is 11.4. The van der Waals surface area contributed by atoms with E-state index < -0.39 is 0 Å². The van der Waals surface area contributed by atoms with Gasteiger partial charge in [0, 0.05) is 10.0 Å². The second kappa shape index (κ2) is 5.37. The summed E-state index contributed by atoms with van der Waals surface area (Å²) in [4.78, 5) is 11.3. The maximum atomic E-state index is 11.3. The van der Waals surface area contributed by atoms with Crippen LogP contribution in [0.25, 0.3) is 0 Å². The third kappa shape index (κ3) is 3.11. The van der Waals surface area contributed by atoms with Gasteiger partial charge in [0.15, 0.2) is 0 Å². The van der Waals surface area contributed by atoms with Crippen molar-refractivity contribution in [2.24, 2.45) is 0 Å². The van der Waals surface area contributed by atoms with Crippen LogP contribution in [0.3, 0.4) is 0 Å². The van der Waals surface area contributed by atoms with E-state index in [1.807, 2.05) is 0 Å². The standard InChI is InChI=1S/C10H11BrClNO2/c1-2-15-9(14)5-6-7(11)3-4-8(12)10(6)13/h3-4H,2,5,13H2,1H3. The molecule has 15 heavy (non-hydrogen) atoms. The highest BCUT2D eigenvalue weighted by atomic mass is 79.9. The van der Waals surface area contributed by atoms with Crippen LogP contribution in [0.15, 0.2) is 16.6 Å². The van der Waals surface area contributed by atoms with E-state index in [0.717, 1.165) is 4.47 Å². The molecule has 0 amide bonds. The van der Waals surface area contributed by atoms with Crippen LogP contribution in [0, 0.1) is 0 Å². The van der Waals surface area contributed by atoms with Gasteiger partial charge < -0.3 is 10.5 Å². The monoisotopic (exact) mass is 291 g/mol. The summed E-state index contributed by atoms with van der Waals surface area (Å²) in [6, 6.07) is 3.43. The molecule has 0 atom stereocenters. The van der Waals surface area contributed by atoms with Crippen molar-refractivity contribution in [1.29, 1.82) is 0 Å². The maximum absolute atomic E-state index is 11.3. The SMILES string of the molecule is CCOC(=O)Cc1c(Br)ccc(Cl)c1N. The van der Waals surface area contributed by atoms with E-state index in [1.165, 1.54) is 0 Å². The average molecular weight is 293 g/mol. The Morgan fingerprint density at radius 1 is 1.60 bits per heavy atom. The normalized spacial score (nSPS) is 10.1. The number of nitrogens with two attached hydrogens (primary N) is 1. The molecular weight excluding hydrogens is 281 g/mol. The molecule has 0 heterocycles. The third-order valence-corrected chi connectivity index (χ3v) is 2.95. The molecule has 0 unspecified atom stereocenters. The lowest BCUT2D eigenvalue weighted by molar-refractivity contribution is -0.142. The summed E-state index contributed by atoms with van der Waals surface area (Å²) in [7, 11) is 0. The second-order valence-electron chi connectivity index (χ2n) is 2.90. The van der Waals surface area contributed by atoms with Crippen LogP contribution in [0.4, 0.5) is 5.69 Å². The molecule has 0 aliphatic heterocycles. The molecule has 82 valence electrons. The molecule has 1 rings (SSSR count). The molecular formula is C10H11BrClNO2. The van der Waals surface area contributed by atoms with Gasteiger partial charge in [0.05, 0.1) is 23.7 Å². The van der Waals surface area contributed by atoms with E-state index >= 15 is 0 Å². The van der Waals surface area contributed by atoms with Gasteiger partial charge >= 0.3 is 5.97 Å². The number of hydrogen-bond donors (Lipinski definition) is 1. The number of ether oxygens (including phenoxy) is 1. The number of carbonyl (C=O) groups is 1. The summed E-state index contributed by atoms with van der Waals surface area (Å²) in [6.45, 7) is 2.12. The van der Waals surface area contributed by atoms with Crippen LogP contribution in [0.2, 0.25) is 5.02 Å². The molecule has 0 aliphatic rings. The molecule has 0 saturated carbocycles. The molecule has 5 heteroatoms. The third-order valence-electron chi connectivity index (χ3n) is 1.87. The van der Waals surface area contributed by atoms with Crippen molar-refractivity contribution in [1.82, 2.24) is 0 Å². The van der Waals surface area contributed by atoms with Gasteiger partial charge in [0.1, 0.15) is 0 Å². The van der Waals surface area contributed by atoms with E-state index in [1.54, 1.807) is 19.1 Å². The van der Waals surface area contributed by atoms with Gasteiger partial charge in [-0.25, -0.2) is 0 Å². The van der Waals surface area contributed by atoms with E-state index in [0.29, 0.717) is 22.9 Å². The number of benzene rings is 1. The summed E-state index contributed by atoms with van der Waals surface area (Å²) in [5.41, 5.74) is 6.84. The summed E-state index contributed by atoms with van der Waals surface area (Å²) in [5, 5.41) is 0.442. The smallest absolute Gasteiger partial charge is 0.310 e. The van der Waals surface area contributed by atoms with Crippen molar-refractivity contribution < 1.29 is 9.53 Å². The van der Waals surface area contributed by atoms with Gasteiger partial charge in [0.25, 0.3) is 0 Å². The van der Waals surface area contributed by atoms with Gasteiger partial charge in [-0.3, -0.25) is 4.79 Å². The van der Waals surface area contributed by atoms with Crippen LogP contribution < -0.4 is 5.73 Å². The molecule has 2 N–H and O–H groups in total. The van der Waals surface area contributed by atoms with Crippen LogP contribution in [0.1, 0.15) is 12.5 Å². The van der Waals surface area contributed by atoms with Crippen molar-refractivity contribution in [3.63, 3.8) is 0 Å². The molecule has 0 fully saturated rings. The number of anilines is 1. The predicted octanol–water partition coefficient (Wildman–Crippen LogP) is 2.79. The van der Waals surface area contributed by atoms with Crippen LogP contribution in [-0.2, 0) is 16.0 Å². The first-order valence-electron chi connectivity index (χ1n) is 4.44. The minimum absolute atomic E-state index is 0.126. The summed E-state index contributed by atoms with van der Waals surface area (Å²) in [6.07, 6.45) is 0.126. The molecule has 3 nitrogen and oxygen atoms in total. The number of carbonyl (C=O) groups excluding carboxylic acids is 1. The Balaban J connectivity index is 2.93. The maximum Gasteiger partial charge on any atom is 0.310 e. The van der Waals surface area contributed by atoms with Crippen molar-refractivity contribution in [3.8, 4) is 0 Å². The Hall–Kier alpha value is -0.740. The van der Waals surface area contributed by atoms with E-state index in [9.17, 15) is 4.79 Å². The molecule has 0 aromatic heterocycles. The highest BCUT2D eigenvalue weighted by Gasteiger charge is 2.12. The zero-order valence-electron chi connectivity index (χ0n) is 8.22. The zero-order valence-corrected chi connectivity index (χ0v) is 10.6. The van der Waals surface area contributed by atoms with Crippen LogP contribution >= 0.6 is 27.5 Å². The first-order chi connectivity index (χ1) is 7.06. The topological polar surface area (TPSA) is 52.3 Å². The number of nitrogen functional groups attached to an aromatic ring is 1. The van der Waals surface area contributed by atoms with Crippen molar-refractivity contribution >= 4 is 39.2 Å². The van der Waals surface area contributed by atoms with Gasteiger partial charge in [0.2, 0.25) is 0 Å². The second-order valence-corrected chi connectivity index (χ2v) is 4.16. The molecule has 0 saturated heterocycles. The summed E-state index contributed by atoms with van der Waals surface area (Å²) in [5.74, 6) is -0.313. The lowest BCUT2D eigenvalue weighted by atomic mass is 10.1. The number of hydrogen-bond acceptors (Lipinski definition) is 3. The van der Waals surface area contributed by atoms with Crippen molar-refractivity contribution in [2.45, 2.75) is 13.3 Å². The van der Waals surface area contributed by atoms with Gasteiger partial charge in [-0.1, -0.05) is 27.5 Å². The summed E-state index contributed by atoms with van der Waals surface area (Å²) >= 11 is 9.16. The number of esters is 1. The first kappa shape index (κ1) is 12.3. The minimum Gasteiger partial charge on any atom is -0.466 e. The van der Waals surface area contributed by atoms with E-state index in [4.69, 9.17) is 22.1 Å². The van der Waals surface area contributed by atoms with Crippen molar-refractivity contribution in [2.75, 3.05) is 12.3 Å². The molecule has 0 spiro atoms. The molecule has 0 aliphatic carbocycles. The fraction of sp³-hybridized carbons (Fsp3) is 0.300. The Morgan fingerprint density at radius 2 is 2.27 bits per heavy atom. The quantitative estimate of drug-likeness (QED) is 0.688. The first-order valence-corrected chi connectivity index (χ1v) is 5.61. The largest absolute Gasteiger partial charge is 0.466 e. The predicted molar refractivity (Wildman–Crippen MR) is 63.9 cm³/mol. The average Bonchev–Trinajstić information content (AvgIpc) is 2.19. The Labute approximate surface area is 102 Å². The fourth-order valence-electron chi connectivity index (χ4n) is 1.15.